The van der Waals surface area contributed by atoms with Crippen molar-refractivity contribution in [1.82, 2.24) is 0 Å². The Morgan fingerprint density at radius 2 is 1.33 bits per heavy atom. The van der Waals surface area contributed by atoms with Crippen molar-refractivity contribution in [2.45, 2.75) is 31.7 Å². The van der Waals surface area contributed by atoms with Crippen molar-refractivity contribution in [3.63, 3.8) is 0 Å². The van der Waals surface area contributed by atoms with E-state index in [4.69, 9.17) is 4.43 Å². The number of hydrogen-bond acceptors (Lipinski definition) is 2. The van der Waals surface area contributed by atoms with Gasteiger partial charge in [-0.1, -0.05) is 81.4 Å². The van der Waals surface area contributed by atoms with Gasteiger partial charge in [-0.2, -0.15) is 8.78 Å². The molecular weight excluding hydrogens is 326 g/mol. The van der Waals surface area contributed by atoms with E-state index in [-0.39, 0.29) is 6.29 Å². The molecule has 0 bridgehead atoms. The summed E-state index contributed by atoms with van der Waals surface area (Å²) in [5.74, 6) is -3.49. The van der Waals surface area contributed by atoms with Crippen LogP contribution in [-0.2, 0) is 9.22 Å². The molecule has 0 fully saturated rings. The molecule has 0 atom stereocenters. The number of alkyl halides is 2. The van der Waals surface area contributed by atoms with Gasteiger partial charge in [0.15, 0.2) is 6.29 Å². The second kappa shape index (κ2) is 6.95. The van der Waals surface area contributed by atoms with Crippen LogP contribution >= 0.6 is 0 Å². The molecule has 0 saturated carbocycles. The molecule has 0 aromatic heterocycles. The van der Waals surface area contributed by atoms with Crippen molar-refractivity contribution < 1.29 is 18.0 Å². The first-order valence-electron chi connectivity index (χ1n) is 7.82. The van der Waals surface area contributed by atoms with Crippen molar-refractivity contribution >= 4 is 25.0 Å². The maximum Gasteiger partial charge on any atom is 0.323 e. The zero-order valence-electron chi connectivity index (χ0n) is 14.1. The van der Waals surface area contributed by atoms with E-state index in [9.17, 15) is 13.6 Å². The Bertz CT molecular complexity index is 627. The summed E-state index contributed by atoms with van der Waals surface area (Å²) >= 11 is 0. The van der Waals surface area contributed by atoms with Crippen molar-refractivity contribution in [1.29, 1.82) is 0 Å². The highest BCUT2D eigenvalue weighted by molar-refractivity contribution is 6.99. The first-order chi connectivity index (χ1) is 11.2. The lowest BCUT2D eigenvalue weighted by Gasteiger charge is -2.43. The van der Waals surface area contributed by atoms with Gasteiger partial charge in [-0.3, -0.25) is 4.79 Å². The van der Waals surface area contributed by atoms with Crippen molar-refractivity contribution in [2.75, 3.05) is 6.61 Å². The molecule has 0 unspecified atom stereocenters. The maximum absolute atomic E-state index is 13.6. The standard InChI is InChI=1S/C19H22F2O2Si/c1-18(2,3)24(16-10-6-4-7-11-16,17-12-8-5-9-13-17)23-15-19(20,21)14-22/h4-14H,15H2,1-3H3. The SMILES string of the molecule is CC(C)(C)[Si](OCC(F)(F)C=O)(c1ccccc1)c1ccccc1. The van der Waals surface area contributed by atoms with E-state index in [1.165, 1.54) is 0 Å². The van der Waals surface area contributed by atoms with Crippen LogP contribution in [0.4, 0.5) is 8.78 Å². The fourth-order valence-corrected chi connectivity index (χ4v) is 7.56. The molecule has 2 aromatic rings. The summed E-state index contributed by atoms with van der Waals surface area (Å²) in [6.45, 7) is 5.08. The molecule has 2 rings (SSSR count). The molecule has 0 heterocycles. The Morgan fingerprint density at radius 3 is 1.67 bits per heavy atom. The minimum atomic E-state index is -3.49. The van der Waals surface area contributed by atoms with Gasteiger partial charge in [-0.25, -0.2) is 0 Å². The average Bonchev–Trinajstić information content (AvgIpc) is 2.56. The third-order valence-electron chi connectivity index (χ3n) is 4.07. The number of rotatable bonds is 6. The minimum Gasteiger partial charge on any atom is -0.401 e. The van der Waals surface area contributed by atoms with Crippen molar-refractivity contribution in [2.24, 2.45) is 0 Å². The number of benzene rings is 2. The highest BCUT2D eigenvalue weighted by Gasteiger charge is 2.51. The highest BCUT2D eigenvalue weighted by atomic mass is 28.4. The number of hydrogen-bond donors (Lipinski definition) is 0. The van der Waals surface area contributed by atoms with Crippen LogP contribution in [0, 0.1) is 0 Å². The first kappa shape index (κ1) is 18.5. The van der Waals surface area contributed by atoms with Gasteiger partial charge >= 0.3 is 5.92 Å². The quantitative estimate of drug-likeness (QED) is 0.591. The third kappa shape index (κ3) is 3.62. The van der Waals surface area contributed by atoms with Gasteiger partial charge in [0.25, 0.3) is 8.32 Å². The fraction of sp³-hybridized carbons (Fsp3) is 0.316. The summed E-state index contributed by atoms with van der Waals surface area (Å²) in [4.78, 5) is 10.7. The lowest BCUT2D eigenvalue weighted by Crippen LogP contribution is -2.67. The Kier molecular flexibility index (Phi) is 5.35. The van der Waals surface area contributed by atoms with E-state index < -0.39 is 25.9 Å². The molecule has 0 radical (unpaired) electrons. The largest absolute Gasteiger partial charge is 0.401 e. The molecule has 128 valence electrons. The minimum absolute atomic E-state index is 0.342. The average molecular weight is 348 g/mol. The van der Waals surface area contributed by atoms with Crippen LogP contribution in [0.1, 0.15) is 20.8 Å². The molecule has 24 heavy (non-hydrogen) atoms. The van der Waals surface area contributed by atoms with E-state index in [1.807, 2.05) is 81.4 Å². The summed E-state index contributed by atoms with van der Waals surface area (Å²) in [7, 11) is -3.01. The summed E-state index contributed by atoms with van der Waals surface area (Å²) in [5, 5.41) is 1.42. The Balaban J connectivity index is 2.64. The summed E-state index contributed by atoms with van der Waals surface area (Å²) in [5.41, 5.74) is 0. The fourth-order valence-electron chi connectivity index (χ4n) is 3.00. The van der Waals surface area contributed by atoms with Crippen LogP contribution < -0.4 is 10.4 Å². The number of carbonyl (C=O) groups excluding carboxylic acids is 1. The van der Waals surface area contributed by atoms with E-state index in [0.29, 0.717) is 0 Å². The Labute approximate surface area is 142 Å². The van der Waals surface area contributed by atoms with E-state index in [2.05, 4.69) is 0 Å². The van der Waals surface area contributed by atoms with Crippen molar-refractivity contribution in [3.05, 3.63) is 60.7 Å². The molecule has 0 aliphatic heterocycles. The van der Waals surface area contributed by atoms with Crippen LogP contribution in [0.2, 0.25) is 5.04 Å². The van der Waals surface area contributed by atoms with Crippen LogP contribution in [0.5, 0.6) is 0 Å². The molecule has 0 amide bonds. The smallest absolute Gasteiger partial charge is 0.323 e. The predicted octanol–water partition coefficient (Wildman–Crippen LogP) is 3.40. The second-order valence-electron chi connectivity index (χ2n) is 6.83. The molecule has 2 aromatic carbocycles. The van der Waals surface area contributed by atoms with Crippen LogP contribution in [-0.4, -0.2) is 27.1 Å². The van der Waals surface area contributed by atoms with Gasteiger partial charge in [-0.05, 0) is 15.4 Å². The Hall–Kier alpha value is -1.85. The van der Waals surface area contributed by atoms with Gasteiger partial charge in [0.2, 0.25) is 0 Å². The molecule has 0 spiro atoms. The second-order valence-corrected chi connectivity index (χ2v) is 11.1. The summed E-state index contributed by atoms with van der Waals surface area (Å²) in [6.07, 6.45) is -0.342. The molecule has 0 saturated heterocycles. The van der Waals surface area contributed by atoms with E-state index in [1.54, 1.807) is 0 Å². The first-order valence-corrected chi connectivity index (χ1v) is 9.73. The zero-order chi connectivity index (χ0) is 17.8. The lowest BCUT2D eigenvalue weighted by molar-refractivity contribution is -0.133. The number of aldehydes is 1. The summed E-state index contributed by atoms with van der Waals surface area (Å²) in [6, 6.07) is 19.0. The van der Waals surface area contributed by atoms with Crippen LogP contribution in [0.3, 0.4) is 0 Å². The highest BCUT2D eigenvalue weighted by Crippen LogP contribution is 2.37. The van der Waals surface area contributed by atoms with Crippen LogP contribution in [0.25, 0.3) is 0 Å². The molecule has 0 aliphatic carbocycles. The van der Waals surface area contributed by atoms with Crippen molar-refractivity contribution in [3.8, 4) is 0 Å². The topological polar surface area (TPSA) is 26.3 Å². The van der Waals surface area contributed by atoms with Gasteiger partial charge in [0, 0.05) is 0 Å². The predicted molar refractivity (Wildman–Crippen MR) is 94.6 cm³/mol. The lowest BCUT2D eigenvalue weighted by atomic mass is 10.2. The number of halogens is 2. The molecule has 5 heteroatoms. The van der Waals surface area contributed by atoms with Gasteiger partial charge in [-0.15, -0.1) is 0 Å². The normalized spacial score (nSPS) is 12.9. The van der Waals surface area contributed by atoms with Gasteiger partial charge in [0.1, 0.15) is 6.61 Å². The van der Waals surface area contributed by atoms with Gasteiger partial charge < -0.3 is 4.43 Å². The summed E-state index contributed by atoms with van der Waals surface area (Å²) < 4.78 is 33.2. The molecule has 2 nitrogen and oxygen atoms in total. The molecule has 0 aliphatic rings. The molecular formula is C19H22F2O2Si. The maximum atomic E-state index is 13.6. The van der Waals surface area contributed by atoms with Gasteiger partial charge in [0.05, 0.1) is 0 Å². The Morgan fingerprint density at radius 1 is 0.917 bits per heavy atom. The van der Waals surface area contributed by atoms with E-state index in [0.717, 1.165) is 10.4 Å². The zero-order valence-corrected chi connectivity index (χ0v) is 15.1. The monoisotopic (exact) mass is 348 g/mol. The van der Waals surface area contributed by atoms with E-state index >= 15 is 0 Å². The van der Waals surface area contributed by atoms with Crippen LogP contribution in [0.15, 0.2) is 60.7 Å². The molecule has 0 N–H and O–H groups in total. The number of carbonyl (C=O) groups is 1. The third-order valence-corrected chi connectivity index (χ3v) is 9.05.